The fourth-order valence-electron chi connectivity index (χ4n) is 3.93. The zero-order valence-electron chi connectivity index (χ0n) is 18.1. The number of hydrogen-bond donors (Lipinski definition) is 1. The Hall–Kier alpha value is -3.00. The molecule has 0 aliphatic heterocycles. The normalized spacial score (nSPS) is 14.7. The Morgan fingerprint density at radius 3 is 2.75 bits per heavy atom. The second kappa shape index (κ2) is 10.5. The largest absolute Gasteiger partial charge is 0.490 e. The molecule has 0 unspecified atom stereocenters. The standard InChI is InChI=1S/C24H27FN4O2S/c1-2-30-22-14-17(12-13-21(22)31-16-19-10-6-7-11-20(19)25)15-26-29-23(27-28-24(29)32)18-8-4-3-5-9-18/h6-7,10-15,18H,2-5,8-9,16H2,1H3,(H,28,32)/b26-15-. The zero-order chi connectivity index (χ0) is 22.3. The first-order valence-electron chi connectivity index (χ1n) is 11.0. The monoisotopic (exact) mass is 454 g/mol. The summed E-state index contributed by atoms with van der Waals surface area (Å²) in [5.74, 6) is 2.11. The van der Waals surface area contributed by atoms with E-state index in [0.717, 1.165) is 24.2 Å². The van der Waals surface area contributed by atoms with Crippen LogP contribution in [0.3, 0.4) is 0 Å². The van der Waals surface area contributed by atoms with E-state index in [2.05, 4.69) is 15.3 Å². The number of aromatic amines is 1. The van der Waals surface area contributed by atoms with E-state index in [0.29, 0.717) is 34.4 Å². The number of aromatic nitrogens is 3. The topological polar surface area (TPSA) is 64.4 Å². The van der Waals surface area contributed by atoms with E-state index in [1.807, 2.05) is 25.1 Å². The van der Waals surface area contributed by atoms with Crippen LogP contribution < -0.4 is 9.47 Å². The Balaban J connectivity index is 1.53. The highest BCUT2D eigenvalue weighted by atomic mass is 32.1. The van der Waals surface area contributed by atoms with Crippen molar-refractivity contribution in [2.45, 2.75) is 51.6 Å². The minimum absolute atomic E-state index is 0.120. The highest BCUT2D eigenvalue weighted by molar-refractivity contribution is 7.71. The van der Waals surface area contributed by atoms with Gasteiger partial charge in [-0.3, -0.25) is 5.10 Å². The summed E-state index contributed by atoms with van der Waals surface area (Å²) >= 11 is 5.39. The van der Waals surface area contributed by atoms with Gasteiger partial charge < -0.3 is 9.47 Å². The lowest BCUT2D eigenvalue weighted by atomic mass is 9.89. The highest BCUT2D eigenvalue weighted by Gasteiger charge is 2.21. The van der Waals surface area contributed by atoms with Crippen LogP contribution in [0.1, 0.15) is 61.9 Å². The molecular weight excluding hydrogens is 427 g/mol. The van der Waals surface area contributed by atoms with Gasteiger partial charge in [-0.1, -0.05) is 37.5 Å². The maximum absolute atomic E-state index is 13.9. The van der Waals surface area contributed by atoms with Crippen LogP contribution in [0.5, 0.6) is 11.5 Å². The van der Waals surface area contributed by atoms with Crippen molar-refractivity contribution >= 4 is 18.4 Å². The second-order valence-electron chi connectivity index (χ2n) is 7.80. The molecule has 1 heterocycles. The van der Waals surface area contributed by atoms with Gasteiger partial charge in [0.05, 0.1) is 12.8 Å². The molecule has 6 nitrogen and oxygen atoms in total. The Morgan fingerprint density at radius 2 is 1.97 bits per heavy atom. The van der Waals surface area contributed by atoms with Crippen molar-refractivity contribution in [2.75, 3.05) is 6.61 Å². The molecule has 1 N–H and O–H groups in total. The molecule has 0 atom stereocenters. The van der Waals surface area contributed by atoms with Gasteiger partial charge in [0.2, 0.25) is 4.77 Å². The Kier molecular flexibility index (Phi) is 7.32. The molecule has 0 saturated heterocycles. The van der Waals surface area contributed by atoms with Crippen LogP contribution in [0.4, 0.5) is 4.39 Å². The van der Waals surface area contributed by atoms with E-state index in [9.17, 15) is 4.39 Å². The van der Waals surface area contributed by atoms with Crippen LogP contribution in [0.2, 0.25) is 0 Å². The van der Waals surface area contributed by atoms with Crippen molar-refractivity contribution in [1.29, 1.82) is 0 Å². The molecule has 1 aromatic heterocycles. The van der Waals surface area contributed by atoms with Crippen molar-refractivity contribution in [3.63, 3.8) is 0 Å². The summed E-state index contributed by atoms with van der Waals surface area (Å²) in [6, 6.07) is 12.1. The van der Waals surface area contributed by atoms with Gasteiger partial charge in [-0.05, 0) is 61.8 Å². The van der Waals surface area contributed by atoms with Crippen LogP contribution in [0, 0.1) is 10.6 Å². The summed E-state index contributed by atoms with van der Waals surface area (Å²) in [4.78, 5) is 0. The van der Waals surface area contributed by atoms with E-state index < -0.39 is 0 Å². The number of nitrogens with one attached hydrogen (secondary N) is 1. The molecule has 32 heavy (non-hydrogen) atoms. The molecule has 4 rings (SSSR count). The first-order valence-corrected chi connectivity index (χ1v) is 11.4. The number of hydrogen-bond acceptors (Lipinski definition) is 5. The maximum atomic E-state index is 13.9. The number of halogens is 1. The molecule has 3 aromatic rings. The molecule has 2 aromatic carbocycles. The molecule has 1 saturated carbocycles. The SMILES string of the molecule is CCOc1cc(/C=N\n2c(C3CCCCC3)n[nH]c2=S)ccc1OCc1ccccc1F. The van der Waals surface area contributed by atoms with Crippen molar-refractivity contribution in [3.8, 4) is 11.5 Å². The van der Waals surface area contributed by atoms with Gasteiger partial charge in [-0.2, -0.15) is 14.9 Å². The van der Waals surface area contributed by atoms with Crippen LogP contribution in [-0.2, 0) is 6.61 Å². The lowest BCUT2D eigenvalue weighted by Crippen LogP contribution is -2.10. The molecule has 0 radical (unpaired) electrons. The summed E-state index contributed by atoms with van der Waals surface area (Å²) in [5, 5.41) is 11.9. The smallest absolute Gasteiger partial charge is 0.216 e. The van der Waals surface area contributed by atoms with Crippen molar-refractivity contribution < 1.29 is 13.9 Å². The van der Waals surface area contributed by atoms with Gasteiger partial charge in [0.25, 0.3) is 0 Å². The molecule has 0 spiro atoms. The number of ether oxygens (including phenoxy) is 2. The van der Waals surface area contributed by atoms with Gasteiger partial charge in [0, 0.05) is 11.5 Å². The number of benzene rings is 2. The molecule has 8 heteroatoms. The Bertz CT molecular complexity index is 1140. The molecule has 1 fully saturated rings. The third-order valence-corrected chi connectivity index (χ3v) is 5.84. The highest BCUT2D eigenvalue weighted by Crippen LogP contribution is 2.32. The van der Waals surface area contributed by atoms with Gasteiger partial charge in [-0.15, -0.1) is 0 Å². The number of nitrogens with zero attached hydrogens (tertiary/aromatic N) is 3. The summed E-state index contributed by atoms with van der Waals surface area (Å²) in [7, 11) is 0. The van der Waals surface area contributed by atoms with Crippen molar-refractivity contribution in [1.82, 2.24) is 14.9 Å². The van der Waals surface area contributed by atoms with E-state index in [1.165, 1.54) is 25.3 Å². The van der Waals surface area contributed by atoms with E-state index >= 15 is 0 Å². The van der Waals surface area contributed by atoms with E-state index in [1.54, 1.807) is 29.1 Å². The van der Waals surface area contributed by atoms with Crippen LogP contribution in [0.25, 0.3) is 0 Å². The molecule has 0 amide bonds. The summed E-state index contributed by atoms with van der Waals surface area (Å²) in [6.45, 7) is 2.51. The lowest BCUT2D eigenvalue weighted by Gasteiger charge is -2.19. The first kappa shape index (κ1) is 22.2. The third-order valence-electron chi connectivity index (χ3n) is 5.58. The van der Waals surface area contributed by atoms with Crippen LogP contribution >= 0.6 is 12.2 Å². The van der Waals surface area contributed by atoms with Gasteiger partial charge in [0.15, 0.2) is 17.3 Å². The summed E-state index contributed by atoms with van der Waals surface area (Å²) < 4.78 is 27.7. The first-order chi connectivity index (χ1) is 15.7. The average molecular weight is 455 g/mol. The third kappa shape index (κ3) is 5.24. The second-order valence-corrected chi connectivity index (χ2v) is 8.18. The molecule has 1 aliphatic rings. The zero-order valence-corrected chi connectivity index (χ0v) is 18.9. The number of rotatable bonds is 8. The fourth-order valence-corrected chi connectivity index (χ4v) is 4.11. The Morgan fingerprint density at radius 1 is 1.16 bits per heavy atom. The minimum atomic E-state index is -0.292. The number of H-pyrrole nitrogens is 1. The van der Waals surface area contributed by atoms with E-state index in [-0.39, 0.29) is 12.4 Å². The maximum Gasteiger partial charge on any atom is 0.216 e. The van der Waals surface area contributed by atoms with Crippen molar-refractivity contribution in [2.24, 2.45) is 5.10 Å². The lowest BCUT2D eigenvalue weighted by molar-refractivity contribution is 0.266. The van der Waals surface area contributed by atoms with Crippen molar-refractivity contribution in [3.05, 3.63) is 70.0 Å². The van der Waals surface area contributed by atoms with Crippen LogP contribution in [-0.4, -0.2) is 27.7 Å². The molecule has 168 valence electrons. The minimum Gasteiger partial charge on any atom is -0.490 e. The molecule has 0 bridgehead atoms. The quantitative estimate of drug-likeness (QED) is 0.336. The van der Waals surface area contributed by atoms with Gasteiger partial charge in [0.1, 0.15) is 12.4 Å². The predicted molar refractivity (Wildman–Crippen MR) is 125 cm³/mol. The summed E-state index contributed by atoms with van der Waals surface area (Å²) in [5.41, 5.74) is 1.33. The molecule has 1 aliphatic carbocycles. The average Bonchev–Trinajstić information content (AvgIpc) is 3.19. The Labute approximate surface area is 192 Å². The van der Waals surface area contributed by atoms with Crippen LogP contribution in [0.15, 0.2) is 47.6 Å². The fraction of sp³-hybridized carbons (Fsp3) is 0.375. The van der Waals surface area contributed by atoms with E-state index in [4.69, 9.17) is 21.7 Å². The van der Waals surface area contributed by atoms with Gasteiger partial charge >= 0.3 is 0 Å². The molecular formula is C24H27FN4O2S. The van der Waals surface area contributed by atoms with Gasteiger partial charge in [-0.25, -0.2) is 4.39 Å². The summed E-state index contributed by atoms with van der Waals surface area (Å²) in [6.07, 6.45) is 7.65. The predicted octanol–water partition coefficient (Wildman–Crippen LogP) is 5.99.